The van der Waals surface area contributed by atoms with Gasteiger partial charge >= 0.3 is 0 Å². The third kappa shape index (κ3) is 1.91. The van der Waals surface area contributed by atoms with Crippen LogP contribution in [0.4, 0.5) is 0 Å². The molecule has 0 atom stereocenters. The summed E-state index contributed by atoms with van der Waals surface area (Å²) >= 11 is 0. The van der Waals surface area contributed by atoms with Crippen LogP contribution in [0.1, 0.15) is 24.2 Å². The molecule has 3 heteroatoms. The highest BCUT2D eigenvalue weighted by Gasteiger charge is 2.45. The Labute approximate surface area is 107 Å². The van der Waals surface area contributed by atoms with Crippen LogP contribution in [0.5, 0.6) is 0 Å². The van der Waals surface area contributed by atoms with E-state index in [0.717, 1.165) is 29.9 Å². The second kappa shape index (κ2) is 4.18. The Morgan fingerprint density at radius 1 is 1.28 bits per heavy atom. The summed E-state index contributed by atoms with van der Waals surface area (Å²) in [6.45, 7) is 2.73. The highest BCUT2D eigenvalue weighted by atomic mass is 14.9. The molecule has 1 saturated carbocycles. The van der Waals surface area contributed by atoms with Gasteiger partial charge in [0.05, 0.1) is 5.69 Å². The fraction of sp³-hybridized carbons (Fsp3) is 0.333. The lowest BCUT2D eigenvalue weighted by molar-refractivity contribution is 0.649. The topological polar surface area (TPSA) is 51.8 Å². The first-order chi connectivity index (χ1) is 8.73. The van der Waals surface area contributed by atoms with Crippen LogP contribution in [-0.4, -0.2) is 16.5 Å². The van der Waals surface area contributed by atoms with E-state index in [1.54, 1.807) is 0 Å². The molecule has 1 aliphatic rings. The van der Waals surface area contributed by atoms with Gasteiger partial charge in [0.25, 0.3) is 0 Å². The normalized spacial score (nSPS) is 16.6. The van der Waals surface area contributed by atoms with Crippen LogP contribution >= 0.6 is 0 Å². The monoisotopic (exact) mass is 239 g/mol. The first-order valence-electron chi connectivity index (χ1n) is 6.34. The maximum absolute atomic E-state index is 5.83. The van der Waals surface area contributed by atoms with Gasteiger partial charge in [0.1, 0.15) is 5.82 Å². The van der Waals surface area contributed by atoms with Gasteiger partial charge in [-0.25, -0.2) is 9.97 Å². The van der Waals surface area contributed by atoms with Crippen LogP contribution in [0, 0.1) is 6.92 Å². The molecule has 1 aromatic heterocycles. The maximum atomic E-state index is 5.83. The zero-order valence-corrected chi connectivity index (χ0v) is 10.6. The predicted molar refractivity (Wildman–Crippen MR) is 72.2 cm³/mol. The number of aromatic nitrogens is 2. The highest BCUT2D eigenvalue weighted by Crippen LogP contribution is 2.45. The summed E-state index contributed by atoms with van der Waals surface area (Å²) in [4.78, 5) is 9.10. The standard InChI is InChI=1S/C15H17N3/c1-11-3-2-4-12(9-11)13-5-8-17-14(18-13)15(10-16)6-7-15/h2-5,8-9H,6-7,10,16H2,1H3. The average molecular weight is 239 g/mol. The Balaban J connectivity index is 2.01. The average Bonchev–Trinajstić information content (AvgIpc) is 3.20. The Morgan fingerprint density at radius 2 is 2.11 bits per heavy atom. The van der Waals surface area contributed by atoms with Gasteiger partial charge < -0.3 is 5.73 Å². The first kappa shape index (κ1) is 11.4. The van der Waals surface area contributed by atoms with Crippen LogP contribution in [0.3, 0.4) is 0 Å². The molecule has 0 aliphatic heterocycles. The van der Waals surface area contributed by atoms with Crippen molar-refractivity contribution in [3.63, 3.8) is 0 Å². The van der Waals surface area contributed by atoms with Gasteiger partial charge in [-0.3, -0.25) is 0 Å². The van der Waals surface area contributed by atoms with Crippen molar-refractivity contribution >= 4 is 0 Å². The van der Waals surface area contributed by atoms with Crippen LogP contribution in [0.25, 0.3) is 11.3 Å². The summed E-state index contributed by atoms with van der Waals surface area (Å²) in [5, 5.41) is 0. The lowest BCUT2D eigenvalue weighted by Crippen LogP contribution is -2.22. The molecule has 1 aromatic carbocycles. The van der Waals surface area contributed by atoms with Gasteiger partial charge in [-0.1, -0.05) is 23.8 Å². The van der Waals surface area contributed by atoms with Crippen molar-refractivity contribution in [3.05, 3.63) is 47.9 Å². The molecule has 0 spiro atoms. The van der Waals surface area contributed by atoms with Crippen LogP contribution in [0.2, 0.25) is 0 Å². The van der Waals surface area contributed by atoms with E-state index in [4.69, 9.17) is 10.7 Å². The van der Waals surface area contributed by atoms with Crippen molar-refractivity contribution < 1.29 is 0 Å². The Morgan fingerprint density at radius 3 is 2.78 bits per heavy atom. The molecule has 0 unspecified atom stereocenters. The molecule has 3 nitrogen and oxygen atoms in total. The van der Waals surface area contributed by atoms with Crippen molar-refractivity contribution in [1.29, 1.82) is 0 Å². The third-order valence-electron chi connectivity index (χ3n) is 3.69. The second-order valence-corrected chi connectivity index (χ2v) is 5.12. The summed E-state index contributed by atoms with van der Waals surface area (Å²) in [6, 6.07) is 10.3. The molecular formula is C15H17N3. The van der Waals surface area contributed by atoms with Crippen molar-refractivity contribution in [2.24, 2.45) is 5.73 Å². The van der Waals surface area contributed by atoms with Crippen LogP contribution in [0.15, 0.2) is 36.5 Å². The number of rotatable bonds is 3. The quantitative estimate of drug-likeness (QED) is 0.895. The van der Waals surface area contributed by atoms with Crippen LogP contribution < -0.4 is 5.73 Å². The molecule has 0 amide bonds. The zero-order chi connectivity index (χ0) is 12.6. The van der Waals surface area contributed by atoms with E-state index >= 15 is 0 Å². The highest BCUT2D eigenvalue weighted by molar-refractivity contribution is 5.59. The summed E-state index contributed by atoms with van der Waals surface area (Å²) in [7, 11) is 0. The lowest BCUT2D eigenvalue weighted by atomic mass is 10.1. The van der Waals surface area contributed by atoms with Crippen molar-refractivity contribution in [1.82, 2.24) is 9.97 Å². The summed E-state index contributed by atoms with van der Waals surface area (Å²) in [5.74, 6) is 0.906. The van der Waals surface area contributed by atoms with E-state index in [2.05, 4.69) is 36.2 Å². The minimum absolute atomic E-state index is 0.0554. The van der Waals surface area contributed by atoms with E-state index in [-0.39, 0.29) is 5.41 Å². The van der Waals surface area contributed by atoms with E-state index in [0.29, 0.717) is 6.54 Å². The Kier molecular flexibility index (Phi) is 2.63. The van der Waals surface area contributed by atoms with Crippen LogP contribution in [-0.2, 0) is 5.41 Å². The third-order valence-corrected chi connectivity index (χ3v) is 3.69. The molecule has 2 aromatic rings. The van der Waals surface area contributed by atoms with Crippen molar-refractivity contribution in [2.75, 3.05) is 6.54 Å². The molecule has 0 radical (unpaired) electrons. The van der Waals surface area contributed by atoms with E-state index < -0.39 is 0 Å². The number of hydrogen-bond donors (Lipinski definition) is 1. The summed E-state index contributed by atoms with van der Waals surface area (Å²) in [6.07, 6.45) is 4.07. The molecule has 92 valence electrons. The zero-order valence-electron chi connectivity index (χ0n) is 10.6. The summed E-state index contributed by atoms with van der Waals surface area (Å²) < 4.78 is 0. The number of nitrogens with two attached hydrogens (primary N) is 1. The fourth-order valence-electron chi connectivity index (χ4n) is 2.25. The molecule has 3 rings (SSSR count). The van der Waals surface area contributed by atoms with Gasteiger partial charge in [-0.15, -0.1) is 0 Å². The molecule has 0 bridgehead atoms. The number of benzene rings is 1. The molecule has 0 saturated heterocycles. The Bertz CT molecular complexity index is 573. The minimum Gasteiger partial charge on any atom is -0.329 e. The first-order valence-corrected chi connectivity index (χ1v) is 6.34. The number of aryl methyl sites for hydroxylation is 1. The maximum Gasteiger partial charge on any atom is 0.136 e. The van der Waals surface area contributed by atoms with Gasteiger partial charge in [-0.05, 0) is 31.9 Å². The number of hydrogen-bond acceptors (Lipinski definition) is 3. The molecule has 1 fully saturated rings. The molecule has 2 N–H and O–H groups in total. The predicted octanol–water partition coefficient (Wildman–Crippen LogP) is 2.44. The number of nitrogens with zero attached hydrogens (tertiary/aromatic N) is 2. The van der Waals surface area contributed by atoms with Gasteiger partial charge in [0.2, 0.25) is 0 Å². The summed E-state index contributed by atoms with van der Waals surface area (Å²) in [5.41, 5.74) is 9.27. The van der Waals surface area contributed by atoms with E-state index in [9.17, 15) is 0 Å². The lowest BCUT2D eigenvalue weighted by Gasteiger charge is -2.11. The van der Waals surface area contributed by atoms with E-state index in [1.165, 1.54) is 5.56 Å². The minimum atomic E-state index is 0.0554. The smallest absolute Gasteiger partial charge is 0.136 e. The van der Waals surface area contributed by atoms with Gasteiger partial charge in [0.15, 0.2) is 0 Å². The van der Waals surface area contributed by atoms with Gasteiger partial charge in [-0.2, -0.15) is 0 Å². The largest absolute Gasteiger partial charge is 0.329 e. The molecular weight excluding hydrogens is 222 g/mol. The van der Waals surface area contributed by atoms with Crippen molar-refractivity contribution in [2.45, 2.75) is 25.2 Å². The SMILES string of the molecule is Cc1cccc(-c2ccnc(C3(CN)CC3)n2)c1. The molecule has 18 heavy (non-hydrogen) atoms. The molecule has 1 aliphatic carbocycles. The van der Waals surface area contributed by atoms with E-state index in [1.807, 2.05) is 12.3 Å². The van der Waals surface area contributed by atoms with Crippen molar-refractivity contribution in [3.8, 4) is 11.3 Å². The Hall–Kier alpha value is -1.74. The van der Waals surface area contributed by atoms with Gasteiger partial charge in [0, 0.05) is 23.7 Å². The molecule has 1 heterocycles. The fourth-order valence-corrected chi connectivity index (χ4v) is 2.25. The second-order valence-electron chi connectivity index (χ2n) is 5.12.